The van der Waals surface area contributed by atoms with E-state index in [0.29, 0.717) is 18.6 Å². The minimum absolute atomic E-state index is 0.0104. The first kappa shape index (κ1) is 10.2. The SMILES string of the molecule is CCC1(NC(C)=O)CCC(=O)CC1. The highest BCUT2D eigenvalue weighted by molar-refractivity contribution is 5.80. The van der Waals surface area contributed by atoms with Crippen molar-refractivity contribution in [2.24, 2.45) is 0 Å². The van der Waals surface area contributed by atoms with E-state index >= 15 is 0 Å². The van der Waals surface area contributed by atoms with E-state index in [1.807, 2.05) is 0 Å². The predicted octanol–water partition coefficient (Wildman–Crippen LogP) is 1.41. The van der Waals surface area contributed by atoms with Gasteiger partial charge in [-0.3, -0.25) is 9.59 Å². The lowest BCUT2D eigenvalue weighted by atomic mass is 9.79. The fourth-order valence-corrected chi connectivity index (χ4v) is 1.95. The summed E-state index contributed by atoms with van der Waals surface area (Å²) in [5.74, 6) is 0.339. The van der Waals surface area contributed by atoms with Gasteiger partial charge >= 0.3 is 0 Å². The van der Waals surface area contributed by atoms with Crippen LogP contribution in [0.3, 0.4) is 0 Å². The van der Waals surface area contributed by atoms with Crippen molar-refractivity contribution in [1.82, 2.24) is 5.32 Å². The van der Waals surface area contributed by atoms with E-state index in [4.69, 9.17) is 0 Å². The summed E-state index contributed by atoms with van der Waals surface area (Å²) in [5.41, 5.74) is -0.0975. The maximum absolute atomic E-state index is 11.0. The number of Topliss-reactive ketones (excluding diaryl/α,β-unsaturated/α-hetero) is 1. The average Bonchev–Trinajstić information content (AvgIpc) is 2.09. The highest BCUT2D eigenvalue weighted by atomic mass is 16.1. The van der Waals surface area contributed by atoms with Gasteiger partial charge in [0.15, 0.2) is 0 Å². The quantitative estimate of drug-likeness (QED) is 0.703. The molecule has 1 saturated carbocycles. The monoisotopic (exact) mass is 183 g/mol. The summed E-state index contributed by atoms with van der Waals surface area (Å²) in [6.45, 7) is 3.60. The molecule has 0 radical (unpaired) electrons. The number of hydrogen-bond donors (Lipinski definition) is 1. The number of amides is 1. The summed E-state index contributed by atoms with van der Waals surface area (Å²) in [7, 11) is 0. The summed E-state index contributed by atoms with van der Waals surface area (Å²) < 4.78 is 0. The van der Waals surface area contributed by atoms with Crippen LogP contribution in [0.15, 0.2) is 0 Å². The third kappa shape index (κ3) is 2.54. The van der Waals surface area contributed by atoms with E-state index in [-0.39, 0.29) is 11.4 Å². The van der Waals surface area contributed by atoms with Gasteiger partial charge in [0.05, 0.1) is 0 Å². The normalized spacial score (nSPS) is 21.2. The van der Waals surface area contributed by atoms with Crippen LogP contribution in [0.2, 0.25) is 0 Å². The second-order valence-corrected chi connectivity index (χ2v) is 3.85. The first-order chi connectivity index (χ1) is 6.08. The molecule has 1 aliphatic carbocycles. The number of nitrogens with one attached hydrogen (secondary N) is 1. The molecular formula is C10H17NO2. The molecule has 1 N–H and O–H groups in total. The van der Waals surface area contributed by atoms with E-state index in [0.717, 1.165) is 19.3 Å². The van der Waals surface area contributed by atoms with Gasteiger partial charge in [-0.1, -0.05) is 6.92 Å². The van der Waals surface area contributed by atoms with Crippen LogP contribution >= 0.6 is 0 Å². The second kappa shape index (κ2) is 3.90. The third-order valence-corrected chi connectivity index (χ3v) is 2.88. The lowest BCUT2D eigenvalue weighted by Crippen LogP contribution is -2.49. The molecule has 0 aromatic rings. The van der Waals surface area contributed by atoms with Crippen LogP contribution < -0.4 is 5.32 Å². The molecule has 1 amide bonds. The molecule has 74 valence electrons. The van der Waals surface area contributed by atoms with Crippen LogP contribution in [-0.4, -0.2) is 17.2 Å². The summed E-state index contributed by atoms with van der Waals surface area (Å²) in [6.07, 6.45) is 3.77. The van der Waals surface area contributed by atoms with Gasteiger partial charge in [-0.05, 0) is 19.3 Å². The zero-order chi connectivity index (χ0) is 9.90. The van der Waals surface area contributed by atoms with Gasteiger partial charge in [0, 0.05) is 25.3 Å². The average molecular weight is 183 g/mol. The maximum atomic E-state index is 11.0. The number of carbonyl (C=O) groups excluding carboxylic acids is 2. The van der Waals surface area contributed by atoms with Gasteiger partial charge in [0.1, 0.15) is 5.78 Å². The summed E-state index contributed by atoms with van der Waals surface area (Å²) >= 11 is 0. The van der Waals surface area contributed by atoms with Crippen molar-refractivity contribution in [3.05, 3.63) is 0 Å². The van der Waals surface area contributed by atoms with Crippen molar-refractivity contribution in [3.63, 3.8) is 0 Å². The molecule has 1 aliphatic rings. The Kier molecular flexibility index (Phi) is 3.07. The lowest BCUT2D eigenvalue weighted by Gasteiger charge is -2.36. The maximum Gasteiger partial charge on any atom is 0.217 e. The molecule has 0 unspecified atom stereocenters. The molecule has 0 spiro atoms. The van der Waals surface area contributed by atoms with Crippen LogP contribution in [0, 0.1) is 0 Å². The molecule has 3 nitrogen and oxygen atoms in total. The predicted molar refractivity (Wildman–Crippen MR) is 50.3 cm³/mol. The van der Waals surface area contributed by atoms with Crippen LogP contribution in [-0.2, 0) is 9.59 Å². The summed E-state index contributed by atoms with van der Waals surface area (Å²) in [5, 5.41) is 2.97. The smallest absolute Gasteiger partial charge is 0.217 e. The van der Waals surface area contributed by atoms with Crippen LogP contribution in [0.1, 0.15) is 46.0 Å². The zero-order valence-corrected chi connectivity index (χ0v) is 8.35. The first-order valence-corrected chi connectivity index (χ1v) is 4.88. The standard InChI is InChI=1S/C10H17NO2/c1-3-10(11-8(2)12)6-4-9(13)5-7-10/h3-7H2,1-2H3,(H,11,12). The Morgan fingerprint density at radius 2 is 2.00 bits per heavy atom. The van der Waals surface area contributed by atoms with E-state index in [2.05, 4.69) is 12.2 Å². The minimum Gasteiger partial charge on any atom is -0.351 e. The van der Waals surface area contributed by atoms with E-state index in [1.165, 1.54) is 6.92 Å². The van der Waals surface area contributed by atoms with E-state index in [9.17, 15) is 9.59 Å². The Hall–Kier alpha value is -0.860. The Morgan fingerprint density at radius 1 is 1.46 bits per heavy atom. The summed E-state index contributed by atoms with van der Waals surface area (Å²) in [4.78, 5) is 22.0. The lowest BCUT2D eigenvalue weighted by molar-refractivity contribution is -0.125. The molecule has 0 aliphatic heterocycles. The number of carbonyl (C=O) groups is 2. The Labute approximate surface area is 78.9 Å². The van der Waals surface area contributed by atoms with Crippen molar-refractivity contribution in [3.8, 4) is 0 Å². The molecule has 3 heteroatoms. The fourth-order valence-electron chi connectivity index (χ4n) is 1.95. The van der Waals surface area contributed by atoms with Crippen molar-refractivity contribution < 1.29 is 9.59 Å². The first-order valence-electron chi connectivity index (χ1n) is 4.88. The topological polar surface area (TPSA) is 46.2 Å². The highest BCUT2D eigenvalue weighted by Crippen LogP contribution is 2.28. The third-order valence-electron chi connectivity index (χ3n) is 2.88. The van der Waals surface area contributed by atoms with Gasteiger partial charge < -0.3 is 5.32 Å². The van der Waals surface area contributed by atoms with Crippen molar-refractivity contribution in [2.45, 2.75) is 51.5 Å². The van der Waals surface area contributed by atoms with Crippen molar-refractivity contribution in [1.29, 1.82) is 0 Å². The molecule has 0 aromatic carbocycles. The highest BCUT2D eigenvalue weighted by Gasteiger charge is 2.33. The molecular weight excluding hydrogens is 166 g/mol. The number of ketones is 1. The molecule has 1 rings (SSSR count). The largest absolute Gasteiger partial charge is 0.351 e. The zero-order valence-electron chi connectivity index (χ0n) is 8.35. The molecule has 0 atom stereocenters. The molecule has 0 heterocycles. The Morgan fingerprint density at radius 3 is 2.38 bits per heavy atom. The molecule has 13 heavy (non-hydrogen) atoms. The van der Waals surface area contributed by atoms with Crippen molar-refractivity contribution in [2.75, 3.05) is 0 Å². The van der Waals surface area contributed by atoms with Gasteiger partial charge in [-0.2, -0.15) is 0 Å². The van der Waals surface area contributed by atoms with Crippen LogP contribution in [0.5, 0.6) is 0 Å². The Balaban J connectivity index is 2.60. The number of rotatable bonds is 2. The molecule has 1 fully saturated rings. The summed E-state index contributed by atoms with van der Waals surface area (Å²) in [6, 6.07) is 0. The fraction of sp³-hybridized carbons (Fsp3) is 0.800. The molecule has 0 aromatic heterocycles. The van der Waals surface area contributed by atoms with E-state index in [1.54, 1.807) is 0 Å². The van der Waals surface area contributed by atoms with Gasteiger partial charge in [-0.25, -0.2) is 0 Å². The van der Waals surface area contributed by atoms with Crippen LogP contribution in [0.25, 0.3) is 0 Å². The Bertz CT molecular complexity index is 213. The van der Waals surface area contributed by atoms with Gasteiger partial charge in [0.25, 0.3) is 0 Å². The van der Waals surface area contributed by atoms with Gasteiger partial charge in [0.2, 0.25) is 5.91 Å². The molecule has 0 bridgehead atoms. The molecule has 0 saturated heterocycles. The minimum atomic E-state index is -0.0975. The number of hydrogen-bond acceptors (Lipinski definition) is 2. The van der Waals surface area contributed by atoms with Crippen molar-refractivity contribution >= 4 is 11.7 Å². The van der Waals surface area contributed by atoms with Crippen LogP contribution in [0.4, 0.5) is 0 Å². The van der Waals surface area contributed by atoms with E-state index < -0.39 is 0 Å². The van der Waals surface area contributed by atoms with Gasteiger partial charge in [-0.15, -0.1) is 0 Å². The second-order valence-electron chi connectivity index (χ2n) is 3.85.